The Hall–Kier alpha value is -1.09. The number of aliphatic hydroxyl groups is 1. The van der Waals surface area contributed by atoms with Crippen molar-refractivity contribution in [2.75, 3.05) is 6.61 Å². The third-order valence-electron chi connectivity index (χ3n) is 2.62. The van der Waals surface area contributed by atoms with Crippen molar-refractivity contribution in [3.63, 3.8) is 0 Å². The van der Waals surface area contributed by atoms with Gasteiger partial charge in [0.2, 0.25) is 0 Å². The van der Waals surface area contributed by atoms with Gasteiger partial charge in [-0.15, -0.1) is 0 Å². The summed E-state index contributed by atoms with van der Waals surface area (Å²) in [4.78, 5) is 0. The smallest absolute Gasteiger partial charge is 0.165 e. The maximum Gasteiger partial charge on any atom is 0.165 e. The van der Waals surface area contributed by atoms with Gasteiger partial charge in [-0.1, -0.05) is 19.9 Å². The van der Waals surface area contributed by atoms with Crippen molar-refractivity contribution in [2.24, 2.45) is 5.92 Å². The van der Waals surface area contributed by atoms with Gasteiger partial charge in [0.25, 0.3) is 0 Å². The van der Waals surface area contributed by atoms with E-state index in [4.69, 9.17) is 4.74 Å². The number of benzene rings is 1. The van der Waals surface area contributed by atoms with Gasteiger partial charge in [-0.2, -0.15) is 0 Å². The van der Waals surface area contributed by atoms with E-state index < -0.39 is 11.9 Å². The van der Waals surface area contributed by atoms with E-state index in [1.165, 1.54) is 6.07 Å². The molecule has 0 spiro atoms. The van der Waals surface area contributed by atoms with Crippen LogP contribution in [0.25, 0.3) is 0 Å². The van der Waals surface area contributed by atoms with Crippen molar-refractivity contribution < 1.29 is 14.2 Å². The topological polar surface area (TPSA) is 29.5 Å². The molecular weight excluding hydrogens is 219 g/mol. The molecule has 1 aromatic rings. The molecule has 0 saturated carbocycles. The molecule has 0 aromatic heterocycles. The molecule has 0 fully saturated rings. The van der Waals surface area contributed by atoms with Crippen molar-refractivity contribution in [1.29, 1.82) is 0 Å². The fourth-order valence-corrected chi connectivity index (χ4v) is 1.57. The highest BCUT2D eigenvalue weighted by Crippen LogP contribution is 2.22. The van der Waals surface area contributed by atoms with Crippen LogP contribution in [0.4, 0.5) is 4.39 Å². The number of hydrogen-bond donors (Lipinski definition) is 1. The summed E-state index contributed by atoms with van der Waals surface area (Å²) >= 11 is 0. The zero-order chi connectivity index (χ0) is 12.8. The van der Waals surface area contributed by atoms with E-state index in [-0.39, 0.29) is 5.75 Å². The Bertz CT molecular complexity index is 348. The van der Waals surface area contributed by atoms with Gasteiger partial charge in [-0.3, -0.25) is 0 Å². The van der Waals surface area contributed by atoms with Crippen LogP contribution in [-0.4, -0.2) is 11.7 Å². The van der Waals surface area contributed by atoms with Crippen molar-refractivity contribution in [3.8, 4) is 5.75 Å². The Kier molecular flexibility index (Phi) is 5.42. The summed E-state index contributed by atoms with van der Waals surface area (Å²) in [6.45, 7) is 6.44. The Balaban J connectivity index is 2.49. The lowest BCUT2D eigenvalue weighted by atomic mass is 10.1. The highest BCUT2D eigenvalue weighted by atomic mass is 19.1. The first kappa shape index (κ1) is 14.0. The van der Waals surface area contributed by atoms with Crippen molar-refractivity contribution in [3.05, 3.63) is 29.6 Å². The Morgan fingerprint density at radius 1 is 1.29 bits per heavy atom. The molecule has 0 aliphatic heterocycles. The van der Waals surface area contributed by atoms with E-state index >= 15 is 0 Å². The van der Waals surface area contributed by atoms with Gasteiger partial charge < -0.3 is 9.84 Å². The third-order valence-corrected chi connectivity index (χ3v) is 2.62. The first-order chi connectivity index (χ1) is 8.00. The summed E-state index contributed by atoms with van der Waals surface area (Å²) in [5.74, 6) is 0.493. The van der Waals surface area contributed by atoms with Gasteiger partial charge in [0.1, 0.15) is 0 Å². The van der Waals surface area contributed by atoms with Crippen LogP contribution < -0.4 is 4.74 Å². The van der Waals surface area contributed by atoms with Gasteiger partial charge in [-0.25, -0.2) is 4.39 Å². The molecule has 0 amide bonds. The van der Waals surface area contributed by atoms with E-state index in [0.717, 1.165) is 12.8 Å². The molecule has 96 valence electrons. The number of rotatable bonds is 6. The molecule has 1 unspecified atom stereocenters. The number of halogens is 1. The van der Waals surface area contributed by atoms with Crippen molar-refractivity contribution >= 4 is 0 Å². The summed E-state index contributed by atoms with van der Waals surface area (Å²) in [5, 5.41) is 9.31. The van der Waals surface area contributed by atoms with Crippen LogP contribution in [0.2, 0.25) is 0 Å². The van der Waals surface area contributed by atoms with Crippen LogP contribution in [-0.2, 0) is 0 Å². The molecule has 0 radical (unpaired) electrons. The van der Waals surface area contributed by atoms with Gasteiger partial charge in [0.05, 0.1) is 12.7 Å². The maximum atomic E-state index is 13.6. The minimum absolute atomic E-state index is 0.262. The van der Waals surface area contributed by atoms with Crippen LogP contribution in [0.15, 0.2) is 18.2 Å². The second-order valence-corrected chi connectivity index (χ2v) is 4.75. The second kappa shape index (κ2) is 6.60. The predicted molar refractivity (Wildman–Crippen MR) is 66.6 cm³/mol. The third kappa shape index (κ3) is 4.73. The largest absolute Gasteiger partial charge is 0.491 e. The lowest BCUT2D eigenvalue weighted by Gasteiger charge is -2.10. The monoisotopic (exact) mass is 240 g/mol. The molecule has 0 aliphatic rings. The molecular formula is C14H21FO2. The van der Waals surface area contributed by atoms with E-state index in [9.17, 15) is 9.50 Å². The summed E-state index contributed by atoms with van der Waals surface area (Å²) in [7, 11) is 0. The number of hydrogen-bond acceptors (Lipinski definition) is 2. The van der Waals surface area contributed by atoms with E-state index in [0.29, 0.717) is 18.1 Å². The highest BCUT2D eigenvalue weighted by Gasteiger charge is 2.07. The molecule has 0 heterocycles. The molecule has 2 nitrogen and oxygen atoms in total. The van der Waals surface area contributed by atoms with Crippen LogP contribution >= 0.6 is 0 Å². The van der Waals surface area contributed by atoms with Gasteiger partial charge in [0, 0.05) is 0 Å². The molecule has 0 saturated heterocycles. The molecule has 1 rings (SSSR count). The Labute approximate surface area is 102 Å². The summed E-state index contributed by atoms with van der Waals surface area (Å²) in [6.07, 6.45) is 1.35. The van der Waals surface area contributed by atoms with Gasteiger partial charge >= 0.3 is 0 Å². The lowest BCUT2D eigenvalue weighted by Crippen LogP contribution is -2.02. The van der Waals surface area contributed by atoms with E-state index in [2.05, 4.69) is 13.8 Å². The van der Waals surface area contributed by atoms with E-state index in [1.54, 1.807) is 19.1 Å². The lowest BCUT2D eigenvalue weighted by molar-refractivity contribution is 0.198. The zero-order valence-corrected chi connectivity index (χ0v) is 10.7. The molecule has 1 atom stereocenters. The van der Waals surface area contributed by atoms with Crippen LogP contribution in [0.5, 0.6) is 5.75 Å². The normalized spacial score (nSPS) is 12.8. The van der Waals surface area contributed by atoms with E-state index in [1.807, 2.05) is 0 Å². The van der Waals surface area contributed by atoms with Crippen molar-refractivity contribution in [2.45, 2.75) is 39.7 Å². The number of aliphatic hydroxyl groups excluding tert-OH is 1. The minimum Gasteiger partial charge on any atom is -0.491 e. The summed E-state index contributed by atoms with van der Waals surface area (Å²) in [6, 6.07) is 4.58. The van der Waals surface area contributed by atoms with Crippen LogP contribution in [0.3, 0.4) is 0 Å². The Morgan fingerprint density at radius 3 is 2.53 bits per heavy atom. The first-order valence-electron chi connectivity index (χ1n) is 6.11. The first-order valence-corrected chi connectivity index (χ1v) is 6.11. The average molecular weight is 240 g/mol. The molecule has 1 N–H and O–H groups in total. The zero-order valence-electron chi connectivity index (χ0n) is 10.7. The Morgan fingerprint density at radius 2 is 2.00 bits per heavy atom. The highest BCUT2D eigenvalue weighted by molar-refractivity contribution is 5.30. The second-order valence-electron chi connectivity index (χ2n) is 4.75. The van der Waals surface area contributed by atoms with Crippen LogP contribution in [0, 0.1) is 11.7 Å². The van der Waals surface area contributed by atoms with Gasteiger partial charge in [-0.05, 0) is 43.4 Å². The molecule has 17 heavy (non-hydrogen) atoms. The van der Waals surface area contributed by atoms with Crippen molar-refractivity contribution in [1.82, 2.24) is 0 Å². The summed E-state index contributed by atoms with van der Waals surface area (Å²) in [5.41, 5.74) is 0.567. The predicted octanol–water partition coefficient (Wildman–Crippen LogP) is 3.69. The molecule has 1 aromatic carbocycles. The van der Waals surface area contributed by atoms with Gasteiger partial charge in [0.15, 0.2) is 11.6 Å². The minimum atomic E-state index is -0.653. The summed E-state index contributed by atoms with van der Waals surface area (Å²) < 4.78 is 18.9. The molecule has 3 heteroatoms. The molecule has 0 aliphatic carbocycles. The SMILES string of the molecule is CC(C)CCCOc1ccc(C(C)O)cc1F. The standard InChI is InChI=1S/C14H21FO2/c1-10(2)5-4-8-17-14-7-6-12(11(3)16)9-13(14)15/h6-7,9-11,16H,4-5,8H2,1-3H3. The maximum absolute atomic E-state index is 13.6. The number of ether oxygens (including phenoxy) is 1. The van der Waals surface area contributed by atoms with Crippen LogP contribution in [0.1, 0.15) is 45.3 Å². The average Bonchev–Trinajstić information content (AvgIpc) is 2.25. The quantitative estimate of drug-likeness (QED) is 0.768. The molecule has 0 bridgehead atoms. The fraction of sp³-hybridized carbons (Fsp3) is 0.571. The fourth-order valence-electron chi connectivity index (χ4n) is 1.57.